The van der Waals surface area contributed by atoms with Crippen LogP contribution in [0.4, 0.5) is 0 Å². The standard InChI is InChI=1S/C21H33N7O.HI/c1-5-28-12-6-7-18(28)14-23-21(24-15-20-26-25-16(2)27(20)3)22-13-17-8-10-19(29-4)11-9-17;/h8-11,18H,5-7,12-15H2,1-4H3,(H2,22,23,24);1H. The summed E-state index contributed by atoms with van der Waals surface area (Å²) in [6.07, 6.45) is 2.50. The van der Waals surface area contributed by atoms with E-state index in [0.717, 1.165) is 42.0 Å². The fraction of sp³-hybridized carbons (Fsp3) is 0.571. The van der Waals surface area contributed by atoms with Gasteiger partial charge in [-0.3, -0.25) is 4.90 Å². The zero-order valence-corrected chi connectivity index (χ0v) is 20.7. The summed E-state index contributed by atoms with van der Waals surface area (Å²) in [5.41, 5.74) is 1.14. The highest BCUT2D eigenvalue weighted by Crippen LogP contribution is 2.15. The van der Waals surface area contributed by atoms with Crippen LogP contribution in [0.1, 0.15) is 37.0 Å². The van der Waals surface area contributed by atoms with E-state index < -0.39 is 0 Å². The Hall–Kier alpha value is -1.88. The van der Waals surface area contributed by atoms with Crippen molar-refractivity contribution >= 4 is 29.9 Å². The van der Waals surface area contributed by atoms with Crippen LogP contribution < -0.4 is 15.4 Å². The zero-order chi connectivity index (χ0) is 20.6. The number of nitrogens with zero attached hydrogens (tertiary/aromatic N) is 5. The fourth-order valence-electron chi connectivity index (χ4n) is 3.60. The summed E-state index contributed by atoms with van der Waals surface area (Å²) in [4.78, 5) is 7.32. The minimum absolute atomic E-state index is 0. The number of hydrogen-bond acceptors (Lipinski definition) is 5. The summed E-state index contributed by atoms with van der Waals surface area (Å²) in [6.45, 7) is 8.52. The van der Waals surface area contributed by atoms with Crippen molar-refractivity contribution in [2.24, 2.45) is 12.0 Å². The molecule has 1 aromatic heterocycles. The molecular formula is C21H34IN7O. The molecule has 0 saturated carbocycles. The molecule has 9 heteroatoms. The predicted octanol–water partition coefficient (Wildman–Crippen LogP) is 2.47. The van der Waals surface area contributed by atoms with Gasteiger partial charge in [0.2, 0.25) is 0 Å². The Balaban J connectivity index is 0.00000320. The van der Waals surface area contributed by atoms with Crippen molar-refractivity contribution in [2.45, 2.75) is 45.8 Å². The van der Waals surface area contributed by atoms with E-state index in [-0.39, 0.29) is 24.0 Å². The average molecular weight is 527 g/mol. The molecule has 30 heavy (non-hydrogen) atoms. The normalized spacial score (nSPS) is 16.9. The number of likely N-dealkylation sites (N-methyl/N-ethyl adjacent to an activating group) is 1. The maximum Gasteiger partial charge on any atom is 0.192 e. The van der Waals surface area contributed by atoms with Crippen LogP contribution in [0.5, 0.6) is 5.75 Å². The lowest BCUT2D eigenvalue weighted by Crippen LogP contribution is -2.44. The van der Waals surface area contributed by atoms with E-state index in [2.05, 4.69) is 32.7 Å². The molecule has 0 spiro atoms. The lowest BCUT2D eigenvalue weighted by Gasteiger charge is -2.24. The minimum atomic E-state index is 0. The Kier molecular flexibility index (Phi) is 9.83. The van der Waals surface area contributed by atoms with Gasteiger partial charge in [-0.15, -0.1) is 34.2 Å². The number of likely N-dealkylation sites (tertiary alicyclic amines) is 1. The Labute approximate surface area is 196 Å². The zero-order valence-electron chi connectivity index (χ0n) is 18.4. The number of halogens is 1. The minimum Gasteiger partial charge on any atom is -0.497 e. The first-order valence-corrected chi connectivity index (χ1v) is 10.3. The van der Waals surface area contributed by atoms with Crippen molar-refractivity contribution in [3.8, 4) is 5.75 Å². The third-order valence-corrected chi connectivity index (χ3v) is 5.59. The second-order valence-corrected chi connectivity index (χ2v) is 7.39. The molecule has 1 atom stereocenters. The third kappa shape index (κ3) is 6.56. The van der Waals surface area contributed by atoms with Crippen molar-refractivity contribution in [3.63, 3.8) is 0 Å². The molecule has 1 aliphatic heterocycles. The Bertz CT molecular complexity index is 806. The van der Waals surface area contributed by atoms with E-state index in [1.807, 2.05) is 42.8 Å². The second kappa shape index (κ2) is 12.1. The van der Waals surface area contributed by atoms with Crippen LogP contribution in [0.25, 0.3) is 0 Å². The summed E-state index contributed by atoms with van der Waals surface area (Å²) < 4.78 is 7.22. The monoisotopic (exact) mass is 527 g/mol. The molecule has 8 nitrogen and oxygen atoms in total. The molecule has 1 unspecified atom stereocenters. The number of benzene rings is 1. The van der Waals surface area contributed by atoms with Crippen LogP contribution in [-0.4, -0.2) is 58.4 Å². The highest BCUT2D eigenvalue weighted by Gasteiger charge is 2.22. The van der Waals surface area contributed by atoms with Crippen LogP contribution in [0, 0.1) is 6.92 Å². The van der Waals surface area contributed by atoms with Crippen molar-refractivity contribution in [2.75, 3.05) is 26.7 Å². The molecular weight excluding hydrogens is 493 g/mol. The molecule has 0 radical (unpaired) electrons. The van der Waals surface area contributed by atoms with Crippen LogP contribution in [-0.2, 0) is 20.1 Å². The van der Waals surface area contributed by atoms with Crippen molar-refractivity contribution in [1.29, 1.82) is 0 Å². The SMILES string of the molecule is CCN1CCCC1CNC(=NCc1ccc(OC)cc1)NCc1nnc(C)n1C.I. The first-order valence-electron chi connectivity index (χ1n) is 10.3. The maximum absolute atomic E-state index is 5.23. The Morgan fingerprint density at radius 1 is 1.23 bits per heavy atom. The van der Waals surface area contributed by atoms with Crippen molar-refractivity contribution in [1.82, 2.24) is 30.3 Å². The molecule has 2 N–H and O–H groups in total. The van der Waals surface area contributed by atoms with Crippen molar-refractivity contribution < 1.29 is 4.74 Å². The Morgan fingerprint density at radius 2 is 2.00 bits per heavy atom. The van der Waals surface area contributed by atoms with Gasteiger partial charge in [0.1, 0.15) is 11.6 Å². The van der Waals surface area contributed by atoms with E-state index in [9.17, 15) is 0 Å². The van der Waals surface area contributed by atoms with Gasteiger partial charge in [0, 0.05) is 19.6 Å². The number of hydrogen-bond donors (Lipinski definition) is 2. The molecule has 0 bridgehead atoms. The van der Waals surface area contributed by atoms with E-state index in [0.29, 0.717) is 19.1 Å². The van der Waals surface area contributed by atoms with Crippen LogP contribution in [0.3, 0.4) is 0 Å². The van der Waals surface area contributed by atoms with Crippen molar-refractivity contribution in [3.05, 3.63) is 41.5 Å². The quantitative estimate of drug-likeness (QED) is 0.312. The summed E-state index contributed by atoms with van der Waals surface area (Å²) in [6, 6.07) is 8.57. The number of rotatable bonds is 8. The van der Waals surface area contributed by atoms with E-state index in [1.54, 1.807) is 7.11 Å². The topological polar surface area (TPSA) is 79.6 Å². The summed E-state index contributed by atoms with van der Waals surface area (Å²) in [5, 5.41) is 15.3. The van der Waals surface area contributed by atoms with Gasteiger partial charge in [-0.05, 0) is 50.6 Å². The summed E-state index contributed by atoms with van der Waals surface area (Å²) in [5.74, 6) is 3.44. The van der Waals surface area contributed by atoms with Gasteiger partial charge in [-0.25, -0.2) is 4.99 Å². The number of aromatic nitrogens is 3. The number of ether oxygens (including phenoxy) is 1. The molecule has 1 fully saturated rings. The van der Waals surface area contributed by atoms with Gasteiger partial charge in [-0.1, -0.05) is 19.1 Å². The first-order chi connectivity index (χ1) is 14.1. The largest absolute Gasteiger partial charge is 0.497 e. The highest BCUT2D eigenvalue weighted by molar-refractivity contribution is 14.0. The van der Waals surface area contributed by atoms with Gasteiger partial charge in [0.15, 0.2) is 11.8 Å². The fourth-order valence-corrected chi connectivity index (χ4v) is 3.60. The molecule has 2 heterocycles. The lowest BCUT2D eigenvalue weighted by atomic mass is 10.2. The molecule has 1 aromatic carbocycles. The number of aryl methyl sites for hydroxylation is 1. The second-order valence-electron chi connectivity index (χ2n) is 7.39. The molecule has 1 saturated heterocycles. The number of aliphatic imine (C=N–C) groups is 1. The smallest absolute Gasteiger partial charge is 0.192 e. The third-order valence-electron chi connectivity index (χ3n) is 5.59. The number of guanidine groups is 1. The average Bonchev–Trinajstić information content (AvgIpc) is 3.34. The molecule has 3 rings (SSSR count). The predicted molar refractivity (Wildman–Crippen MR) is 130 cm³/mol. The van der Waals surface area contributed by atoms with Gasteiger partial charge in [0.05, 0.1) is 20.2 Å². The van der Waals surface area contributed by atoms with Gasteiger partial charge >= 0.3 is 0 Å². The molecule has 1 aliphatic rings. The summed E-state index contributed by atoms with van der Waals surface area (Å²) in [7, 11) is 3.65. The molecule has 2 aromatic rings. The first kappa shape index (κ1) is 24.4. The molecule has 166 valence electrons. The Morgan fingerprint density at radius 3 is 2.63 bits per heavy atom. The number of methoxy groups -OCH3 is 1. The van der Waals surface area contributed by atoms with E-state index in [4.69, 9.17) is 9.73 Å². The molecule has 0 amide bonds. The highest BCUT2D eigenvalue weighted by atomic mass is 127. The van der Waals surface area contributed by atoms with Crippen LogP contribution >= 0.6 is 24.0 Å². The number of nitrogens with one attached hydrogen (secondary N) is 2. The van der Waals surface area contributed by atoms with Crippen LogP contribution in [0.2, 0.25) is 0 Å². The van der Waals surface area contributed by atoms with Gasteiger partial charge in [-0.2, -0.15) is 0 Å². The van der Waals surface area contributed by atoms with Gasteiger partial charge < -0.3 is 19.9 Å². The molecule has 0 aliphatic carbocycles. The van der Waals surface area contributed by atoms with Crippen LogP contribution in [0.15, 0.2) is 29.3 Å². The van der Waals surface area contributed by atoms with E-state index >= 15 is 0 Å². The maximum atomic E-state index is 5.23. The van der Waals surface area contributed by atoms with E-state index in [1.165, 1.54) is 19.4 Å². The van der Waals surface area contributed by atoms with Gasteiger partial charge in [0.25, 0.3) is 0 Å². The lowest BCUT2D eigenvalue weighted by molar-refractivity contribution is 0.267. The summed E-state index contributed by atoms with van der Waals surface area (Å²) >= 11 is 0.